The number of thiocarbonyl (C=S) groups is 1. The molecule has 130 valence electrons. The lowest BCUT2D eigenvalue weighted by Crippen LogP contribution is -2.40. The van der Waals surface area contributed by atoms with Gasteiger partial charge in [-0.15, -0.1) is 0 Å². The number of ether oxygens (including phenoxy) is 2. The first-order valence-corrected chi connectivity index (χ1v) is 8.65. The fourth-order valence-electron chi connectivity index (χ4n) is 2.66. The van der Waals surface area contributed by atoms with Gasteiger partial charge in [-0.05, 0) is 48.8 Å². The van der Waals surface area contributed by atoms with Gasteiger partial charge in [0.2, 0.25) is 0 Å². The molecule has 1 aliphatic rings. The van der Waals surface area contributed by atoms with Crippen LogP contribution in [-0.2, 0) is 0 Å². The van der Waals surface area contributed by atoms with E-state index < -0.39 is 0 Å². The van der Waals surface area contributed by atoms with Gasteiger partial charge in [-0.25, -0.2) is 0 Å². The van der Waals surface area contributed by atoms with E-state index in [1.165, 1.54) is 32.1 Å². The van der Waals surface area contributed by atoms with Crippen molar-refractivity contribution in [2.45, 2.75) is 38.1 Å². The van der Waals surface area contributed by atoms with Crippen LogP contribution in [0.15, 0.2) is 36.0 Å². The first kappa shape index (κ1) is 18.3. The summed E-state index contributed by atoms with van der Waals surface area (Å²) >= 11 is 5.28. The summed E-state index contributed by atoms with van der Waals surface area (Å²) < 4.78 is 10.9. The Hall–Kier alpha value is -2.08. The highest BCUT2D eigenvalue weighted by molar-refractivity contribution is 7.80. The first-order chi connectivity index (χ1) is 11.7. The summed E-state index contributed by atoms with van der Waals surface area (Å²) in [5, 5.41) is 8.06. The van der Waals surface area contributed by atoms with Gasteiger partial charge in [0.25, 0.3) is 0 Å². The summed E-state index contributed by atoms with van der Waals surface area (Å²) in [5.74, 6) is 1.33. The molecular weight excluding hydrogens is 322 g/mol. The molecule has 0 aliphatic heterocycles. The van der Waals surface area contributed by atoms with Crippen LogP contribution in [0, 0.1) is 0 Å². The maximum Gasteiger partial charge on any atom is 0.187 e. The Balaban J connectivity index is 1.86. The minimum Gasteiger partial charge on any atom is -0.493 e. The van der Waals surface area contributed by atoms with Crippen molar-refractivity contribution in [2.24, 2.45) is 5.10 Å². The number of rotatable bonds is 7. The zero-order valence-corrected chi connectivity index (χ0v) is 14.9. The molecule has 2 N–H and O–H groups in total. The lowest BCUT2D eigenvalue weighted by atomic mass is 9.96. The second-order valence-corrected chi connectivity index (χ2v) is 6.10. The molecule has 0 amide bonds. The molecule has 1 fully saturated rings. The molecule has 0 saturated heterocycles. The average molecular weight is 347 g/mol. The molecule has 1 aliphatic carbocycles. The van der Waals surface area contributed by atoms with E-state index in [1.54, 1.807) is 19.4 Å². The van der Waals surface area contributed by atoms with Crippen molar-refractivity contribution in [3.05, 3.63) is 36.4 Å². The summed E-state index contributed by atoms with van der Waals surface area (Å²) in [6.45, 7) is 4.07. The van der Waals surface area contributed by atoms with Gasteiger partial charge >= 0.3 is 0 Å². The molecule has 5 nitrogen and oxygen atoms in total. The standard InChI is InChI=1S/C18H25N3O2S/c1-3-11-23-16-10-9-14(12-17(16)22-2)13-19-21-18(24)20-15-7-5-4-6-8-15/h3,9-10,12-13,15H,1,4-8,11H2,2H3,(H2,20,21,24)/b19-13-. The number of hydrazone groups is 1. The van der Waals surface area contributed by atoms with Crippen LogP contribution in [0.1, 0.15) is 37.7 Å². The average Bonchev–Trinajstić information content (AvgIpc) is 2.61. The highest BCUT2D eigenvalue weighted by Gasteiger charge is 2.13. The molecule has 1 saturated carbocycles. The summed E-state index contributed by atoms with van der Waals surface area (Å²) in [6, 6.07) is 6.09. The van der Waals surface area contributed by atoms with Crippen LogP contribution in [-0.4, -0.2) is 31.1 Å². The molecule has 1 aromatic rings. The lowest BCUT2D eigenvalue weighted by Gasteiger charge is -2.23. The van der Waals surface area contributed by atoms with Gasteiger partial charge in [0, 0.05) is 6.04 Å². The highest BCUT2D eigenvalue weighted by Crippen LogP contribution is 2.27. The molecule has 0 bridgehead atoms. The Morgan fingerprint density at radius 3 is 2.83 bits per heavy atom. The van der Waals surface area contributed by atoms with E-state index in [4.69, 9.17) is 21.7 Å². The minimum absolute atomic E-state index is 0.437. The van der Waals surface area contributed by atoms with E-state index in [0.29, 0.717) is 29.3 Å². The zero-order chi connectivity index (χ0) is 17.2. The molecule has 2 rings (SSSR count). The van der Waals surface area contributed by atoms with Gasteiger partial charge in [-0.2, -0.15) is 5.10 Å². The third-order valence-electron chi connectivity index (χ3n) is 3.86. The van der Waals surface area contributed by atoms with Crippen molar-refractivity contribution in [3.63, 3.8) is 0 Å². The van der Waals surface area contributed by atoms with Crippen LogP contribution >= 0.6 is 12.2 Å². The van der Waals surface area contributed by atoms with Crippen LogP contribution in [0.2, 0.25) is 0 Å². The van der Waals surface area contributed by atoms with E-state index >= 15 is 0 Å². The van der Waals surface area contributed by atoms with Crippen LogP contribution in [0.4, 0.5) is 0 Å². The monoisotopic (exact) mass is 347 g/mol. The molecule has 0 atom stereocenters. The van der Waals surface area contributed by atoms with E-state index in [0.717, 1.165) is 5.56 Å². The molecule has 0 aromatic heterocycles. The van der Waals surface area contributed by atoms with Crippen molar-refractivity contribution in [3.8, 4) is 11.5 Å². The molecular formula is C18H25N3O2S. The smallest absolute Gasteiger partial charge is 0.187 e. The number of hydrogen-bond acceptors (Lipinski definition) is 4. The summed E-state index contributed by atoms with van der Waals surface area (Å²) in [6.07, 6.45) is 9.61. The predicted molar refractivity (Wildman–Crippen MR) is 102 cm³/mol. The second-order valence-electron chi connectivity index (χ2n) is 5.69. The van der Waals surface area contributed by atoms with Crippen molar-refractivity contribution in [2.75, 3.05) is 13.7 Å². The molecule has 24 heavy (non-hydrogen) atoms. The second kappa shape index (κ2) is 9.93. The van der Waals surface area contributed by atoms with Gasteiger partial charge in [0.05, 0.1) is 13.3 Å². The fourth-order valence-corrected chi connectivity index (χ4v) is 2.88. The predicted octanol–water partition coefficient (Wildman–Crippen LogP) is 3.39. The maximum absolute atomic E-state index is 5.53. The van der Waals surface area contributed by atoms with E-state index in [2.05, 4.69) is 22.4 Å². The number of benzene rings is 1. The van der Waals surface area contributed by atoms with E-state index in [1.807, 2.05) is 18.2 Å². The molecule has 1 aromatic carbocycles. The third kappa shape index (κ3) is 5.85. The van der Waals surface area contributed by atoms with E-state index in [9.17, 15) is 0 Å². The van der Waals surface area contributed by atoms with Crippen LogP contribution < -0.4 is 20.2 Å². The molecule has 0 heterocycles. The van der Waals surface area contributed by atoms with E-state index in [-0.39, 0.29) is 0 Å². The molecule has 0 unspecified atom stereocenters. The Kier molecular flexibility index (Phi) is 7.55. The first-order valence-electron chi connectivity index (χ1n) is 8.24. The zero-order valence-electron chi connectivity index (χ0n) is 14.1. The van der Waals surface area contributed by atoms with Crippen LogP contribution in [0.3, 0.4) is 0 Å². The summed E-state index contributed by atoms with van der Waals surface area (Å²) in [7, 11) is 1.61. The summed E-state index contributed by atoms with van der Waals surface area (Å²) in [5.41, 5.74) is 3.76. The topological polar surface area (TPSA) is 54.9 Å². The number of nitrogens with zero attached hydrogens (tertiary/aromatic N) is 1. The van der Waals surface area contributed by atoms with Crippen molar-refractivity contribution in [1.29, 1.82) is 0 Å². The molecule has 0 spiro atoms. The SMILES string of the molecule is C=CCOc1ccc(/C=N\NC(=S)NC2CCCCC2)cc1OC. The highest BCUT2D eigenvalue weighted by atomic mass is 32.1. The molecule has 6 heteroatoms. The summed E-state index contributed by atoms with van der Waals surface area (Å²) in [4.78, 5) is 0. The normalized spacial score (nSPS) is 15.0. The molecule has 0 radical (unpaired) electrons. The third-order valence-corrected chi connectivity index (χ3v) is 4.07. The van der Waals surface area contributed by atoms with Crippen LogP contribution in [0.25, 0.3) is 0 Å². The Bertz CT molecular complexity index is 584. The van der Waals surface area contributed by atoms with Crippen LogP contribution in [0.5, 0.6) is 11.5 Å². The maximum atomic E-state index is 5.53. The number of nitrogens with one attached hydrogen (secondary N) is 2. The van der Waals surface area contributed by atoms with Gasteiger partial charge in [0.1, 0.15) is 6.61 Å². The Labute approximate surface area is 149 Å². The largest absolute Gasteiger partial charge is 0.493 e. The lowest BCUT2D eigenvalue weighted by molar-refractivity contribution is 0.326. The number of hydrogen-bond donors (Lipinski definition) is 2. The minimum atomic E-state index is 0.437. The Morgan fingerprint density at radius 2 is 2.12 bits per heavy atom. The van der Waals surface area contributed by atoms with Gasteiger partial charge in [0.15, 0.2) is 16.6 Å². The van der Waals surface area contributed by atoms with Crippen molar-refractivity contribution >= 4 is 23.5 Å². The number of methoxy groups -OCH3 is 1. The van der Waals surface area contributed by atoms with Gasteiger partial charge in [-0.1, -0.05) is 31.9 Å². The van der Waals surface area contributed by atoms with Crippen molar-refractivity contribution < 1.29 is 9.47 Å². The Morgan fingerprint density at radius 1 is 1.33 bits per heavy atom. The van der Waals surface area contributed by atoms with Gasteiger partial charge in [-0.3, -0.25) is 5.43 Å². The fraction of sp³-hybridized carbons (Fsp3) is 0.444. The quantitative estimate of drug-likeness (QED) is 0.343. The van der Waals surface area contributed by atoms with Gasteiger partial charge < -0.3 is 14.8 Å². The van der Waals surface area contributed by atoms with Crippen molar-refractivity contribution in [1.82, 2.24) is 10.7 Å².